The molecule has 1 aliphatic rings. The lowest BCUT2D eigenvalue weighted by molar-refractivity contribution is -0.114. The summed E-state index contributed by atoms with van der Waals surface area (Å²) in [6.45, 7) is 1.68. The fourth-order valence-corrected chi connectivity index (χ4v) is 3.36. The first-order valence-electron chi connectivity index (χ1n) is 8.91. The van der Waals surface area contributed by atoms with E-state index in [9.17, 15) is 9.59 Å². The molecule has 2 amide bonds. The van der Waals surface area contributed by atoms with E-state index in [0.717, 1.165) is 25.9 Å². The number of benzene rings is 2. The van der Waals surface area contributed by atoms with Gasteiger partial charge in [0.1, 0.15) is 0 Å². The average molecular weight is 406 g/mol. The van der Waals surface area contributed by atoms with Gasteiger partial charge in [0.25, 0.3) is 5.91 Å². The molecule has 0 aliphatic carbocycles. The number of piperidine rings is 1. The third-order valence-corrected chi connectivity index (χ3v) is 5.27. The first kappa shape index (κ1) is 19.5. The molecule has 1 saturated heterocycles. The van der Waals surface area contributed by atoms with Gasteiger partial charge in [-0.1, -0.05) is 29.3 Å². The van der Waals surface area contributed by atoms with Gasteiger partial charge in [-0.15, -0.1) is 0 Å². The molecule has 2 aromatic carbocycles. The quantitative estimate of drug-likeness (QED) is 0.759. The van der Waals surface area contributed by atoms with Crippen LogP contribution in [0.3, 0.4) is 0 Å². The SMILES string of the molecule is O=C(CNc1cccc(Cl)c1Cl)Nc1ccc(C(=O)N2CCCCC2)cc1. The molecule has 0 unspecified atom stereocenters. The molecule has 3 rings (SSSR count). The Balaban J connectivity index is 1.53. The summed E-state index contributed by atoms with van der Waals surface area (Å²) >= 11 is 12.0. The second-order valence-electron chi connectivity index (χ2n) is 6.43. The third kappa shape index (κ3) is 5.15. The third-order valence-electron chi connectivity index (χ3n) is 4.45. The van der Waals surface area contributed by atoms with Crippen LogP contribution < -0.4 is 10.6 Å². The van der Waals surface area contributed by atoms with Crippen molar-refractivity contribution in [3.63, 3.8) is 0 Å². The number of amides is 2. The summed E-state index contributed by atoms with van der Waals surface area (Å²) in [6.07, 6.45) is 3.30. The molecule has 2 aromatic rings. The number of hydrogen-bond donors (Lipinski definition) is 2. The molecule has 0 atom stereocenters. The van der Waals surface area contributed by atoms with Crippen molar-refractivity contribution in [1.82, 2.24) is 4.90 Å². The van der Waals surface area contributed by atoms with Crippen LogP contribution in [0.2, 0.25) is 10.0 Å². The predicted octanol–water partition coefficient (Wildman–Crippen LogP) is 4.67. The van der Waals surface area contributed by atoms with Crippen LogP contribution in [0, 0.1) is 0 Å². The maximum absolute atomic E-state index is 12.5. The minimum atomic E-state index is -0.221. The van der Waals surface area contributed by atoms with Gasteiger partial charge in [-0.25, -0.2) is 0 Å². The number of nitrogens with zero attached hydrogens (tertiary/aromatic N) is 1. The highest BCUT2D eigenvalue weighted by atomic mass is 35.5. The molecule has 0 saturated carbocycles. The van der Waals surface area contributed by atoms with Gasteiger partial charge < -0.3 is 15.5 Å². The number of likely N-dealkylation sites (tertiary alicyclic amines) is 1. The van der Waals surface area contributed by atoms with E-state index in [4.69, 9.17) is 23.2 Å². The van der Waals surface area contributed by atoms with Crippen molar-refractivity contribution in [2.45, 2.75) is 19.3 Å². The number of anilines is 2. The molecule has 0 aromatic heterocycles. The van der Waals surface area contributed by atoms with Crippen LogP contribution in [0.5, 0.6) is 0 Å². The van der Waals surface area contributed by atoms with Crippen molar-refractivity contribution < 1.29 is 9.59 Å². The van der Waals surface area contributed by atoms with Gasteiger partial charge >= 0.3 is 0 Å². The zero-order chi connectivity index (χ0) is 19.2. The lowest BCUT2D eigenvalue weighted by atomic mass is 10.1. The molecule has 1 fully saturated rings. The summed E-state index contributed by atoms with van der Waals surface area (Å²) in [4.78, 5) is 26.5. The normalized spacial score (nSPS) is 13.9. The Hall–Kier alpha value is -2.24. The first-order chi connectivity index (χ1) is 13.0. The lowest BCUT2D eigenvalue weighted by Gasteiger charge is -2.26. The smallest absolute Gasteiger partial charge is 0.253 e. The van der Waals surface area contributed by atoms with Gasteiger partial charge in [-0.3, -0.25) is 9.59 Å². The topological polar surface area (TPSA) is 61.4 Å². The van der Waals surface area contributed by atoms with Crippen molar-refractivity contribution in [3.05, 3.63) is 58.1 Å². The maximum Gasteiger partial charge on any atom is 0.253 e. The molecule has 142 valence electrons. The number of nitrogens with one attached hydrogen (secondary N) is 2. The number of halogens is 2. The maximum atomic E-state index is 12.5. The Labute approximate surface area is 168 Å². The van der Waals surface area contributed by atoms with Gasteiger partial charge in [-0.05, 0) is 55.7 Å². The van der Waals surface area contributed by atoms with E-state index in [1.54, 1.807) is 42.5 Å². The minimum Gasteiger partial charge on any atom is -0.375 e. The van der Waals surface area contributed by atoms with Crippen molar-refractivity contribution in [2.24, 2.45) is 0 Å². The largest absolute Gasteiger partial charge is 0.375 e. The lowest BCUT2D eigenvalue weighted by Crippen LogP contribution is -2.35. The summed E-state index contributed by atoms with van der Waals surface area (Å²) in [5, 5.41) is 6.56. The highest BCUT2D eigenvalue weighted by Gasteiger charge is 2.18. The Morgan fingerprint density at radius 1 is 0.963 bits per heavy atom. The van der Waals surface area contributed by atoms with E-state index < -0.39 is 0 Å². The molecule has 0 spiro atoms. The van der Waals surface area contributed by atoms with E-state index in [1.165, 1.54) is 6.42 Å². The Morgan fingerprint density at radius 3 is 2.37 bits per heavy atom. The molecular weight excluding hydrogens is 385 g/mol. The standard InChI is InChI=1S/C20H21Cl2N3O2/c21-16-5-4-6-17(19(16)22)23-13-18(26)24-15-9-7-14(8-10-15)20(27)25-11-2-1-3-12-25/h4-10,23H,1-3,11-13H2,(H,24,26). The monoisotopic (exact) mass is 405 g/mol. The van der Waals surface area contributed by atoms with Gasteiger partial charge in [-0.2, -0.15) is 0 Å². The van der Waals surface area contributed by atoms with Crippen molar-refractivity contribution in [2.75, 3.05) is 30.3 Å². The zero-order valence-electron chi connectivity index (χ0n) is 14.8. The van der Waals surface area contributed by atoms with E-state index in [0.29, 0.717) is 27.0 Å². The van der Waals surface area contributed by atoms with Crippen molar-refractivity contribution in [3.8, 4) is 0 Å². The van der Waals surface area contributed by atoms with Crippen molar-refractivity contribution >= 4 is 46.4 Å². The molecule has 1 heterocycles. The van der Waals surface area contributed by atoms with Gasteiger partial charge in [0.2, 0.25) is 5.91 Å². The van der Waals surface area contributed by atoms with Crippen LogP contribution >= 0.6 is 23.2 Å². The summed E-state index contributed by atoms with van der Waals surface area (Å²) in [5.41, 5.74) is 1.87. The van der Waals surface area contributed by atoms with Gasteiger partial charge in [0.05, 0.1) is 22.3 Å². The highest BCUT2D eigenvalue weighted by molar-refractivity contribution is 6.43. The van der Waals surface area contributed by atoms with Gasteiger partial charge in [0.15, 0.2) is 0 Å². The summed E-state index contributed by atoms with van der Waals surface area (Å²) in [5.74, 6) is -0.175. The van der Waals surface area contributed by atoms with Crippen LogP contribution in [-0.4, -0.2) is 36.3 Å². The van der Waals surface area contributed by atoms with E-state index in [2.05, 4.69) is 10.6 Å². The number of hydrogen-bond acceptors (Lipinski definition) is 3. The van der Waals surface area contributed by atoms with Crippen LogP contribution in [0.1, 0.15) is 29.6 Å². The Morgan fingerprint density at radius 2 is 1.67 bits per heavy atom. The fraction of sp³-hybridized carbons (Fsp3) is 0.300. The van der Waals surface area contributed by atoms with Gasteiger partial charge in [0, 0.05) is 24.3 Å². The summed E-state index contributed by atoms with van der Waals surface area (Å²) < 4.78 is 0. The number of rotatable bonds is 5. The van der Waals surface area contributed by atoms with E-state index in [1.807, 2.05) is 4.90 Å². The van der Waals surface area contributed by atoms with E-state index >= 15 is 0 Å². The van der Waals surface area contributed by atoms with Crippen LogP contribution in [0.4, 0.5) is 11.4 Å². The van der Waals surface area contributed by atoms with E-state index in [-0.39, 0.29) is 18.4 Å². The molecule has 5 nitrogen and oxygen atoms in total. The van der Waals surface area contributed by atoms with Crippen LogP contribution in [0.25, 0.3) is 0 Å². The predicted molar refractivity (Wildman–Crippen MR) is 110 cm³/mol. The Bertz CT molecular complexity index is 818. The van der Waals surface area contributed by atoms with Crippen LogP contribution in [-0.2, 0) is 4.79 Å². The summed E-state index contributed by atoms with van der Waals surface area (Å²) in [6, 6.07) is 12.2. The Kier molecular flexibility index (Phi) is 6.58. The fourth-order valence-electron chi connectivity index (χ4n) is 3.00. The average Bonchev–Trinajstić information content (AvgIpc) is 2.70. The zero-order valence-corrected chi connectivity index (χ0v) is 16.3. The second kappa shape index (κ2) is 9.11. The molecule has 27 heavy (non-hydrogen) atoms. The van der Waals surface area contributed by atoms with Crippen LogP contribution in [0.15, 0.2) is 42.5 Å². The molecule has 1 aliphatic heterocycles. The van der Waals surface area contributed by atoms with Crippen molar-refractivity contribution in [1.29, 1.82) is 0 Å². The molecule has 7 heteroatoms. The minimum absolute atomic E-state index is 0.0461. The number of carbonyl (C=O) groups excluding carboxylic acids is 2. The second-order valence-corrected chi connectivity index (χ2v) is 7.22. The highest BCUT2D eigenvalue weighted by Crippen LogP contribution is 2.29. The molecule has 2 N–H and O–H groups in total. The molecule has 0 radical (unpaired) electrons. The molecular formula is C20H21Cl2N3O2. The summed E-state index contributed by atoms with van der Waals surface area (Å²) in [7, 11) is 0. The molecule has 0 bridgehead atoms. The number of carbonyl (C=O) groups is 2. The first-order valence-corrected chi connectivity index (χ1v) is 9.67.